The average Bonchev–Trinajstić information content (AvgIpc) is 2.62. The fourth-order valence-electron chi connectivity index (χ4n) is 2.39. The molecule has 2 aromatic carbocycles. The number of hydrogen-bond acceptors (Lipinski definition) is 5. The van der Waals surface area contributed by atoms with E-state index >= 15 is 0 Å². The van der Waals surface area contributed by atoms with E-state index in [9.17, 15) is 14.4 Å². The molecule has 0 saturated carbocycles. The number of amides is 3. The smallest absolute Gasteiger partial charge is 0.274 e. The van der Waals surface area contributed by atoms with Crippen LogP contribution in [0, 0.1) is 0 Å². The number of ether oxygens (including phenoxy) is 1. The van der Waals surface area contributed by atoms with Crippen LogP contribution in [0.4, 0.5) is 11.4 Å². The van der Waals surface area contributed by atoms with Gasteiger partial charge in [0.15, 0.2) is 6.10 Å². The first-order valence-corrected chi connectivity index (χ1v) is 7.47. The van der Waals surface area contributed by atoms with Gasteiger partial charge in [-0.25, -0.2) is 5.48 Å². The van der Waals surface area contributed by atoms with Crippen molar-refractivity contribution in [1.29, 1.82) is 0 Å². The van der Waals surface area contributed by atoms with E-state index in [-0.39, 0.29) is 23.6 Å². The molecule has 1 aliphatic rings. The molecular weight excluding hydrogens is 326 g/mol. The number of carbonyl (C=O) groups is 3. The molecule has 0 aliphatic carbocycles. The average molecular weight is 341 g/mol. The van der Waals surface area contributed by atoms with Crippen LogP contribution in [0.1, 0.15) is 16.8 Å². The summed E-state index contributed by atoms with van der Waals surface area (Å²) in [6.07, 6.45) is -1.21. The zero-order valence-corrected chi connectivity index (χ0v) is 13.0. The normalized spacial score (nSPS) is 15.4. The Bertz CT molecular complexity index is 822. The van der Waals surface area contributed by atoms with Crippen LogP contribution in [-0.2, 0) is 9.59 Å². The Labute approximate surface area is 142 Å². The fourth-order valence-corrected chi connectivity index (χ4v) is 2.39. The topological polar surface area (TPSA) is 117 Å². The molecule has 4 N–H and O–H groups in total. The molecule has 25 heavy (non-hydrogen) atoms. The summed E-state index contributed by atoms with van der Waals surface area (Å²) in [6, 6.07) is 13.1. The SMILES string of the molecule is O=C(CC1Oc2cc(C(=O)NO)ccc2NC1=O)Nc1ccccc1. The first-order valence-electron chi connectivity index (χ1n) is 7.47. The Morgan fingerprint density at radius 1 is 1.16 bits per heavy atom. The predicted octanol–water partition coefficient (Wildman–Crippen LogP) is 1.53. The van der Waals surface area contributed by atoms with Crippen molar-refractivity contribution in [2.75, 3.05) is 10.6 Å². The lowest BCUT2D eigenvalue weighted by molar-refractivity contribution is -0.128. The summed E-state index contributed by atoms with van der Waals surface area (Å²) in [7, 11) is 0. The molecule has 8 heteroatoms. The first-order chi connectivity index (χ1) is 12.1. The van der Waals surface area contributed by atoms with E-state index in [2.05, 4.69) is 10.6 Å². The molecule has 3 amide bonds. The molecule has 3 rings (SSSR count). The molecule has 0 spiro atoms. The number of para-hydroxylation sites is 1. The molecule has 0 radical (unpaired) electrons. The largest absolute Gasteiger partial charge is 0.478 e. The number of hydroxylamine groups is 1. The number of benzene rings is 2. The number of hydrogen-bond donors (Lipinski definition) is 4. The number of fused-ring (bicyclic) bond motifs is 1. The van der Waals surface area contributed by atoms with Crippen LogP contribution in [-0.4, -0.2) is 29.0 Å². The molecule has 1 unspecified atom stereocenters. The van der Waals surface area contributed by atoms with E-state index in [1.807, 2.05) is 6.07 Å². The van der Waals surface area contributed by atoms with Gasteiger partial charge in [0.2, 0.25) is 5.91 Å². The van der Waals surface area contributed by atoms with Crippen molar-refractivity contribution >= 4 is 29.1 Å². The van der Waals surface area contributed by atoms with Crippen LogP contribution >= 0.6 is 0 Å². The molecular formula is C17H15N3O5. The summed E-state index contributed by atoms with van der Waals surface area (Å²) >= 11 is 0. The summed E-state index contributed by atoms with van der Waals surface area (Å²) in [4.78, 5) is 35.6. The molecule has 2 aromatic rings. The van der Waals surface area contributed by atoms with E-state index in [0.29, 0.717) is 11.4 Å². The van der Waals surface area contributed by atoms with Gasteiger partial charge in [0.1, 0.15) is 5.75 Å². The predicted molar refractivity (Wildman–Crippen MR) is 88.4 cm³/mol. The maximum atomic E-state index is 12.1. The van der Waals surface area contributed by atoms with Crippen LogP contribution in [0.3, 0.4) is 0 Å². The van der Waals surface area contributed by atoms with E-state index in [0.717, 1.165) is 0 Å². The van der Waals surface area contributed by atoms with Crippen molar-refractivity contribution in [3.05, 3.63) is 54.1 Å². The summed E-state index contributed by atoms with van der Waals surface area (Å²) in [5.74, 6) is -1.28. The molecule has 1 aliphatic heterocycles. The van der Waals surface area contributed by atoms with Gasteiger partial charge in [-0.05, 0) is 30.3 Å². The highest BCUT2D eigenvalue weighted by molar-refractivity contribution is 6.03. The molecule has 0 saturated heterocycles. The minimum atomic E-state index is -1.02. The highest BCUT2D eigenvalue weighted by Gasteiger charge is 2.30. The zero-order chi connectivity index (χ0) is 17.8. The van der Waals surface area contributed by atoms with Crippen molar-refractivity contribution in [2.24, 2.45) is 0 Å². The Morgan fingerprint density at radius 2 is 1.92 bits per heavy atom. The van der Waals surface area contributed by atoms with Crippen LogP contribution in [0.15, 0.2) is 48.5 Å². The molecule has 1 atom stereocenters. The van der Waals surface area contributed by atoms with E-state index in [1.165, 1.54) is 23.7 Å². The summed E-state index contributed by atoms with van der Waals surface area (Å²) < 4.78 is 5.55. The Balaban J connectivity index is 1.71. The standard InChI is InChI=1S/C17H15N3O5/c21-15(18-11-4-2-1-3-5-11)9-14-17(23)19-12-7-6-10(16(22)20-24)8-13(12)25-14/h1-8,14,24H,9H2,(H,18,21)(H,19,23)(H,20,22). The molecule has 0 aromatic heterocycles. The maximum Gasteiger partial charge on any atom is 0.274 e. The van der Waals surface area contributed by atoms with Crippen LogP contribution in [0.2, 0.25) is 0 Å². The van der Waals surface area contributed by atoms with Crippen molar-refractivity contribution in [2.45, 2.75) is 12.5 Å². The van der Waals surface area contributed by atoms with Gasteiger partial charge in [-0.15, -0.1) is 0 Å². The lowest BCUT2D eigenvalue weighted by Crippen LogP contribution is -2.39. The monoisotopic (exact) mass is 341 g/mol. The number of carbonyl (C=O) groups excluding carboxylic acids is 3. The van der Waals surface area contributed by atoms with E-state index in [1.54, 1.807) is 24.3 Å². The third-order valence-corrected chi connectivity index (χ3v) is 3.59. The fraction of sp³-hybridized carbons (Fsp3) is 0.118. The first kappa shape index (κ1) is 16.5. The van der Waals surface area contributed by atoms with Crippen molar-refractivity contribution < 1.29 is 24.3 Å². The maximum absolute atomic E-state index is 12.1. The summed E-state index contributed by atoms with van der Waals surface area (Å²) in [6.45, 7) is 0. The van der Waals surface area contributed by atoms with Gasteiger partial charge in [-0.1, -0.05) is 18.2 Å². The molecule has 1 heterocycles. The Kier molecular flexibility index (Phi) is 4.62. The molecule has 0 fully saturated rings. The van der Waals surface area contributed by atoms with Crippen LogP contribution < -0.4 is 20.9 Å². The van der Waals surface area contributed by atoms with Gasteiger partial charge in [-0.2, -0.15) is 0 Å². The van der Waals surface area contributed by atoms with Gasteiger partial charge < -0.3 is 15.4 Å². The van der Waals surface area contributed by atoms with Crippen LogP contribution in [0.5, 0.6) is 5.75 Å². The third-order valence-electron chi connectivity index (χ3n) is 3.59. The summed E-state index contributed by atoms with van der Waals surface area (Å²) in [5, 5.41) is 14.0. The minimum Gasteiger partial charge on any atom is -0.478 e. The highest BCUT2D eigenvalue weighted by atomic mass is 16.5. The minimum absolute atomic E-state index is 0.157. The molecule has 128 valence electrons. The van der Waals surface area contributed by atoms with Crippen molar-refractivity contribution in [1.82, 2.24) is 5.48 Å². The van der Waals surface area contributed by atoms with Crippen molar-refractivity contribution in [3.8, 4) is 5.75 Å². The summed E-state index contributed by atoms with van der Waals surface area (Å²) in [5.41, 5.74) is 2.68. The number of nitrogens with one attached hydrogen (secondary N) is 3. The Morgan fingerprint density at radius 3 is 2.64 bits per heavy atom. The number of anilines is 2. The van der Waals surface area contributed by atoms with Gasteiger partial charge in [0.25, 0.3) is 11.8 Å². The quantitative estimate of drug-likeness (QED) is 0.497. The van der Waals surface area contributed by atoms with E-state index < -0.39 is 17.9 Å². The molecule has 8 nitrogen and oxygen atoms in total. The lowest BCUT2D eigenvalue weighted by atomic mass is 10.1. The van der Waals surface area contributed by atoms with E-state index in [4.69, 9.17) is 9.94 Å². The second-order valence-corrected chi connectivity index (χ2v) is 5.37. The third kappa shape index (κ3) is 3.75. The Hall–Kier alpha value is -3.39. The second kappa shape index (κ2) is 7.02. The zero-order valence-electron chi connectivity index (χ0n) is 13.0. The van der Waals surface area contributed by atoms with Crippen molar-refractivity contribution in [3.63, 3.8) is 0 Å². The highest BCUT2D eigenvalue weighted by Crippen LogP contribution is 2.31. The number of rotatable bonds is 4. The molecule has 0 bridgehead atoms. The lowest BCUT2D eigenvalue weighted by Gasteiger charge is -2.25. The van der Waals surface area contributed by atoms with Gasteiger partial charge in [0.05, 0.1) is 12.1 Å². The van der Waals surface area contributed by atoms with Crippen LogP contribution in [0.25, 0.3) is 0 Å². The van der Waals surface area contributed by atoms with Gasteiger partial charge in [-0.3, -0.25) is 19.6 Å². The van der Waals surface area contributed by atoms with Gasteiger partial charge >= 0.3 is 0 Å². The second-order valence-electron chi connectivity index (χ2n) is 5.37. The van der Waals surface area contributed by atoms with Gasteiger partial charge in [0, 0.05) is 11.3 Å².